The van der Waals surface area contributed by atoms with Crippen LogP contribution in [0.5, 0.6) is 0 Å². The average molecular weight is 224 g/mol. The second kappa shape index (κ2) is 5.71. The van der Waals surface area contributed by atoms with Crippen LogP contribution in [0, 0.1) is 0 Å². The van der Waals surface area contributed by atoms with E-state index in [1.807, 2.05) is 0 Å². The van der Waals surface area contributed by atoms with E-state index in [2.05, 4.69) is 0 Å². The Morgan fingerprint density at radius 1 is 1.00 bits per heavy atom. The molecule has 15 heavy (non-hydrogen) atoms. The van der Waals surface area contributed by atoms with E-state index in [1.54, 1.807) is 0 Å². The summed E-state index contributed by atoms with van der Waals surface area (Å²) in [5.41, 5.74) is 0. The third kappa shape index (κ3) is 3.08. The highest BCUT2D eigenvalue weighted by molar-refractivity contribution is 4.83. The van der Waals surface area contributed by atoms with E-state index in [-0.39, 0.29) is 0 Å². The summed E-state index contributed by atoms with van der Waals surface area (Å²) in [4.78, 5) is 0. The Hall–Kier alpha value is -0.280. The molecule has 0 aromatic carbocycles. The molecular formula is C8H16O7. The molecule has 0 aromatic heterocycles. The lowest BCUT2D eigenvalue weighted by Crippen LogP contribution is -2.50. The molecule has 0 saturated carbocycles. The van der Waals surface area contributed by atoms with Gasteiger partial charge in [0.15, 0.2) is 6.29 Å². The summed E-state index contributed by atoms with van der Waals surface area (Å²) >= 11 is 0. The maximum absolute atomic E-state index is 9.48. The molecule has 7 nitrogen and oxygen atoms in total. The molecule has 1 aliphatic rings. The van der Waals surface area contributed by atoms with Gasteiger partial charge in [0.2, 0.25) is 0 Å². The molecule has 0 radical (unpaired) electrons. The van der Waals surface area contributed by atoms with E-state index in [4.69, 9.17) is 19.7 Å². The maximum atomic E-state index is 9.48. The van der Waals surface area contributed by atoms with Gasteiger partial charge in [-0.25, -0.2) is 0 Å². The first-order valence-corrected chi connectivity index (χ1v) is 4.64. The molecule has 0 bridgehead atoms. The fraction of sp³-hybridized carbons (Fsp3) is 1.00. The van der Waals surface area contributed by atoms with Gasteiger partial charge in [-0.1, -0.05) is 0 Å². The number of ether oxygens (including phenoxy) is 2. The zero-order valence-corrected chi connectivity index (χ0v) is 8.06. The van der Waals surface area contributed by atoms with E-state index < -0.39 is 37.3 Å². The van der Waals surface area contributed by atoms with E-state index in [1.165, 1.54) is 0 Å². The van der Waals surface area contributed by atoms with Crippen molar-refractivity contribution in [3.8, 4) is 0 Å². The molecule has 0 aromatic rings. The summed E-state index contributed by atoms with van der Waals surface area (Å²) in [5, 5.41) is 45.8. The Balaban J connectivity index is 2.46. The van der Waals surface area contributed by atoms with Crippen molar-refractivity contribution in [2.75, 3.05) is 19.8 Å². The predicted octanol–water partition coefficient (Wildman–Crippen LogP) is -3.20. The Bertz CT molecular complexity index is 182. The van der Waals surface area contributed by atoms with Crippen molar-refractivity contribution in [1.82, 2.24) is 0 Å². The number of aliphatic hydroxyl groups is 5. The van der Waals surface area contributed by atoms with Gasteiger partial charge >= 0.3 is 0 Å². The molecule has 90 valence electrons. The first-order chi connectivity index (χ1) is 7.07. The van der Waals surface area contributed by atoms with Crippen molar-refractivity contribution in [3.05, 3.63) is 0 Å². The summed E-state index contributed by atoms with van der Waals surface area (Å²) in [7, 11) is 0. The van der Waals surface area contributed by atoms with Crippen LogP contribution in [0.3, 0.4) is 0 Å². The van der Waals surface area contributed by atoms with Crippen LogP contribution < -0.4 is 0 Å². The van der Waals surface area contributed by atoms with Crippen LogP contribution in [0.15, 0.2) is 0 Å². The normalized spacial score (nSPS) is 26.2. The van der Waals surface area contributed by atoms with Crippen LogP contribution in [0.2, 0.25) is 0 Å². The monoisotopic (exact) mass is 224 g/mol. The molecule has 1 saturated heterocycles. The summed E-state index contributed by atoms with van der Waals surface area (Å²) in [5.74, 6) is 0. The van der Waals surface area contributed by atoms with Gasteiger partial charge in [0.1, 0.15) is 24.4 Å². The Morgan fingerprint density at radius 2 is 1.53 bits per heavy atom. The molecule has 0 amide bonds. The van der Waals surface area contributed by atoms with Crippen LogP contribution in [-0.2, 0) is 9.47 Å². The number of aliphatic hydroxyl groups excluding tert-OH is 5. The minimum atomic E-state index is -1.65. The topological polar surface area (TPSA) is 120 Å². The molecule has 4 atom stereocenters. The smallest absolute Gasteiger partial charge is 0.186 e. The van der Waals surface area contributed by atoms with E-state index in [0.29, 0.717) is 13.2 Å². The van der Waals surface area contributed by atoms with Gasteiger partial charge in [-0.2, -0.15) is 0 Å². The summed E-state index contributed by atoms with van der Waals surface area (Å²) in [6.07, 6.45) is -7.30. The second-order valence-electron chi connectivity index (χ2n) is 3.33. The Kier molecular flexibility index (Phi) is 4.87. The zero-order valence-electron chi connectivity index (χ0n) is 8.06. The van der Waals surface area contributed by atoms with E-state index in [9.17, 15) is 15.3 Å². The average Bonchev–Trinajstić information content (AvgIpc) is 2.78. The lowest BCUT2D eigenvalue weighted by Gasteiger charge is -2.27. The largest absolute Gasteiger partial charge is 0.394 e. The lowest BCUT2D eigenvalue weighted by atomic mass is 10.0. The van der Waals surface area contributed by atoms with E-state index in [0.717, 1.165) is 0 Å². The number of hydrogen-bond acceptors (Lipinski definition) is 7. The molecule has 0 spiro atoms. The van der Waals surface area contributed by atoms with Crippen LogP contribution in [0.4, 0.5) is 0 Å². The van der Waals surface area contributed by atoms with Crippen molar-refractivity contribution in [2.45, 2.75) is 30.7 Å². The lowest BCUT2D eigenvalue weighted by molar-refractivity contribution is -0.188. The molecule has 1 aliphatic heterocycles. The minimum absolute atomic E-state index is 0.299. The third-order valence-electron chi connectivity index (χ3n) is 2.21. The Morgan fingerprint density at radius 3 is 2.00 bits per heavy atom. The molecule has 1 fully saturated rings. The minimum Gasteiger partial charge on any atom is -0.394 e. The van der Waals surface area contributed by atoms with Gasteiger partial charge in [-0.05, 0) is 0 Å². The molecule has 0 unspecified atom stereocenters. The third-order valence-corrected chi connectivity index (χ3v) is 2.21. The fourth-order valence-electron chi connectivity index (χ4n) is 1.27. The first-order valence-electron chi connectivity index (χ1n) is 4.64. The van der Waals surface area contributed by atoms with Gasteiger partial charge in [-0.15, -0.1) is 0 Å². The molecule has 1 heterocycles. The number of rotatable bonds is 5. The molecule has 1 rings (SSSR count). The Labute approximate surface area is 86.5 Å². The standard InChI is InChI=1S/C8H16O7/c9-3-4(10)5(11)6(12)7(13)8-14-1-2-15-8/h4-13H,1-3H2/t4-,5+,6-,7-/m0/s1. The molecular weight excluding hydrogens is 208 g/mol. The van der Waals surface area contributed by atoms with Gasteiger partial charge in [0.05, 0.1) is 19.8 Å². The molecule has 5 N–H and O–H groups in total. The zero-order chi connectivity index (χ0) is 11.4. The molecule has 0 aliphatic carbocycles. The summed E-state index contributed by atoms with van der Waals surface area (Å²) in [6, 6.07) is 0. The van der Waals surface area contributed by atoms with Gasteiger partial charge in [-0.3, -0.25) is 0 Å². The van der Waals surface area contributed by atoms with E-state index >= 15 is 0 Å². The van der Waals surface area contributed by atoms with Crippen molar-refractivity contribution < 1.29 is 35.0 Å². The van der Waals surface area contributed by atoms with Gasteiger partial charge in [0.25, 0.3) is 0 Å². The highest BCUT2D eigenvalue weighted by atomic mass is 16.7. The van der Waals surface area contributed by atoms with Crippen LogP contribution in [0.1, 0.15) is 0 Å². The van der Waals surface area contributed by atoms with Crippen LogP contribution >= 0.6 is 0 Å². The van der Waals surface area contributed by atoms with Gasteiger partial charge in [0, 0.05) is 0 Å². The highest BCUT2D eigenvalue weighted by Crippen LogP contribution is 2.15. The summed E-state index contributed by atoms with van der Waals surface area (Å²) < 4.78 is 9.82. The van der Waals surface area contributed by atoms with Crippen molar-refractivity contribution in [2.24, 2.45) is 0 Å². The fourth-order valence-corrected chi connectivity index (χ4v) is 1.27. The van der Waals surface area contributed by atoms with Crippen LogP contribution in [-0.4, -0.2) is 76.1 Å². The first kappa shape index (κ1) is 12.8. The SMILES string of the molecule is OC[C@H](O)[C@@H](O)[C@H](O)[C@H](O)C1OCCO1. The molecule has 7 heteroatoms. The number of hydrogen-bond donors (Lipinski definition) is 5. The highest BCUT2D eigenvalue weighted by Gasteiger charge is 2.37. The van der Waals surface area contributed by atoms with Crippen molar-refractivity contribution in [3.63, 3.8) is 0 Å². The second-order valence-corrected chi connectivity index (χ2v) is 3.33. The van der Waals surface area contributed by atoms with Crippen LogP contribution in [0.25, 0.3) is 0 Å². The predicted molar refractivity (Wildman–Crippen MR) is 46.8 cm³/mol. The quantitative estimate of drug-likeness (QED) is 0.333. The van der Waals surface area contributed by atoms with Crippen molar-refractivity contribution in [1.29, 1.82) is 0 Å². The maximum Gasteiger partial charge on any atom is 0.186 e. The van der Waals surface area contributed by atoms with Crippen molar-refractivity contribution >= 4 is 0 Å². The summed E-state index contributed by atoms with van der Waals surface area (Å²) in [6.45, 7) is -0.114. The van der Waals surface area contributed by atoms with Gasteiger partial charge < -0.3 is 35.0 Å².